The molecular formula is C13H12N4O2S. The maximum Gasteiger partial charge on any atom is 0.328 e. The highest BCUT2D eigenvalue weighted by atomic mass is 32.1. The molecule has 0 bridgehead atoms. The first kappa shape index (κ1) is 12.6. The number of anilines is 1. The van der Waals surface area contributed by atoms with E-state index in [1.807, 2.05) is 24.3 Å². The Balaban J connectivity index is 1.59. The summed E-state index contributed by atoms with van der Waals surface area (Å²) in [5.74, 6) is -0.368. The van der Waals surface area contributed by atoms with Gasteiger partial charge in [-0.2, -0.15) is 5.10 Å². The van der Waals surface area contributed by atoms with Gasteiger partial charge in [0.1, 0.15) is 18.2 Å². The fourth-order valence-corrected chi connectivity index (χ4v) is 2.65. The van der Waals surface area contributed by atoms with Gasteiger partial charge in [0.15, 0.2) is 0 Å². The summed E-state index contributed by atoms with van der Waals surface area (Å²) >= 11 is 1.52. The Morgan fingerprint density at radius 3 is 3.00 bits per heavy atom. The third-order valence-corrected chi connectivity index (χ3v) is 3.65. The van der Waals surface area contributed by atoms with Gasteiger partial charge in [-0.1, -0.05) is 12.1 Å². The highest BCUT2D eigenvalue weighted by molar-refractivity contribution is 7.18. The van der Waals surface area contributed by atoms with Crippen molar-refractivity contribution in [2.75, 3.05) is 5.73 Å². The molecule has 0 radical (unpaired) electrons. The zero-order valence-corrected chi connectivity index (χ0v) is 11.3. The van der Waals surface area contributed by atoms with Crippen LogP contribution in [0.1, 0.15) is 5.01 Å². The van der Waals surface area contributed by atoms with Gasteiger partial charge in [0, 0.05) is 6.20 Å². The van der Waals surface area contributed by atoms with E-state index in [-0.39, 0.29) is 19.1 Å². The van der Waals surface area contributed by atoms with Gasteiger partial charge in [-0.15, -0.1) is 11.3 Å². The Kier molecular flexibility index (Phi) is 3.34. The lowest BCUT2D eigenvalue weighted by molar-refractivity contribution is -0.145. The minimum Gasteiger partial charge on any atom is -0.457 e. The molecule has 0 saturated heterocycles. The number of aromatic nitrogens is 3. The molecule has 0 atom stereocenters. The van der Waals surface area contributed by atoms with Crippen LogP contribution in [0.5, 0.6) is 0 Å². The summed E-state index contributed by atoms with van der Waals surface area (Å²) in [5.41, 5.74) is 6.96. The van der Waals surface area contributed by atoms with E-state index in [1.54, 1.807) is 6.20 Å². The smallest absolute Gasteiger partial charge is 0.328 e. The fourth-order valence-electron chi connectivity index (χ4n) is 1.77. The van der Waals surface area contributed by atoms with Crippen molar-refractivity contribution in [1.29, 1.82) is 0 Å². The zero-order chi connectivity index (χ0) is 13.9. The number of hydrogen-bond donors (Lipinski definition) is 1. The Labute approximate surface area is 118 Å². The first-order valence-electron chi connectivity index (χ1n) is 5.99. The van der Waals surface area contributed by atoms with Crippen LogP contribution in [-0.2, 0) is 22.7 Å². The molecule has 20 heavy (non-hydrogen) atoms. The number of para-hydroxylation sites is 1. The molecule has 102 valence electrons. The van der Waals surface area contributed by atoms with Crippen molar-refractivity contribution in [2.45, 2.75) is 13.2 Å². The number of hydrogen-bond acceptors (Lipinski definition) is 6. The minimum atomic E-state index is -0.368. The van der Waals surface area contributed by atoms with Crippen LogP contribution in [0, 0.1) is 0 Å². The van der Waals surface area contributed by atoms with Crippen LogP contribution >= 0.6 is 11.3 Å². The molecule has 0 saturated carbocycles. The molecule has 7 heteroatoms. The van der Waals surface area contributed by atoms with Crippen LogP contribution in [0.15, 0.2) is 36.7 Å². The van der Waals surface area contributed by atoms with E-state index in [2.05, 4.69) is 10.1 Å². The number of rotatable bonds is 4. The molecule has 0 amide bonds. The average molecular weight is 288 g/mol. The third kappa shape index (κ3) is 2.77. The molecule has 0 aliphatic heterocycles. The van der Waals surface area contributed by atoms with Crippen molar-refractivity contribution in [2.24, 2.45) is 0 Å². The molecule has 0 aliphatic carbocycles. The van der Waals surface area contributed by atoms with E-state index < -0.39 is 0 Å². The van der Waals surface area contributed by atoms with Crippen LogP contribution in [-0.4, -0.2) is 20.7 Å². The Morgan fingerprint density at radius 1 is 1.40 bits per heavy atom. The van der Waals surface area contributed by atoms with E-state index in [0.29, 0.717) is 5.69 Å². The molecule has 2 N–H and O–H groups in total. The monoisotopic (exact) mass is 288 g/mol. The van der Waals surface area contributed by atoms with Crippen molar-refractivity contribution >= 4 is 33.2 Å². The van der Waals surface area contributed by atoms with Crippen LogP contribution in [0.4, 0.5) is 5.69 Å². The number of esters is 1. The quantitative estimate of drug-likeness (QED) is 0.740. The van der Waals surface area contributed by atoms with Gasteiger partial charge < -0.3 is 10.5 Å². The molecule has 0 aliphatic rings. The predicted octanol–water partition coefficient (Wildman–Crippen LogP) is 1.82. The van der Waals surface area contributed by atoms with Gasteiger partial charge in [0.25, 0.3) is 0 Å². The Hall–Kier alpha value is -2.41. The van der Waals surface area contributed by atoms with Crippen LogP contribution in [0.3, 0.4) is 0 Å². The normalized spacial score (nSPS) is 10.8. The lowest BCUT2D eigenvalue weighted by Crippen LogP contribution is -2.13. The lowest BCUT2D eigenvalue weighted by Gasteiger charge is -2.02. The molecule has 0 fully saturated rings. The fraction of sp³-hybridized carbons (Fsp3) is 0.154. The van der Waals surface area contributed by atoms with Crippen LogP contribution in [0.2, 0.25) is 0 Å². The SMILES string of the molecule is Nc1cnn(CC(=O)OCc2nc3ccccc3s2)c1. The highest BCUT2D eigenvalue weighted by Gasteiger charge is 2.08. The lowest BCUT2D eigenvalue weighted by atomic mass is 10.3. The number of benzene rings is 1. The van der Waals surface area contributed by atoms with Crippen molar-refractivity contribution in [3.8, 4) is 0 Å². The summed E-state index contributed by atoms with van der Waals surface area (Å²) < 4.78 is 7.70. The number of nitrogens with zero attached hydrogens (tertiary/aromatic N) is 3. The second-order valence-corrected chi connectivity index (χ2v) is 5.32. The van der Waals surface area contributed by atoms with Crippen LogP contribution in [0.25, 0.3) is 10.2 Å². The van der Waals surface area contributed by atoms with Crippen LogP contribution < -0.4 is 5.73 Å². The first-order chi connectivity index (χ1) is 9.70. The molecule has 0 unspecified atom stereocenters. The number of nitrogens with two attached hydrogens (primary N) is 1. The topological polar surface area (TPSA) is 83.0 Å². The summed E-state index contributed by atoms with van der Waals surface area (Å²) in [6.07, 6.45) is 3.07. The second kappa shape index (κ2) is 5.30. The molecule has 0 spiro atoms. The number of fused-ring (bicyclic) bond motifs is 1. The van der Waals surface area contributed by atoms with E-state index in [4.69, 9.17) is 10.5 Å². The van der Waals surface area contributed by atoms with Gasteiger partial charge in [0.2, 0.25) is 0 Å². The van der Waals surface area contributed by atoms with E-state index >= 15 is 0 Å². The van der Waals surface area contributed by atoms with Gasteiger partial charge >= 0.3 is 5.97 Å². The summed E-state index contributed by atoms with van der Waals surface area (Å²) in [7, 11) is 0. The molecule has 3 rings (SSSR count). The maximum atomic E-state index is 11.7. The number of nitrogen functional groups attached to an aromatic ring is 1. The number of ether oxygens (including phenoxy) is 1. The summed E-state index contributed by atoms with van der Waals surface area (Å²) in [6, 6.07) is 7.81. The largest absolute Gasteiger partial charge is 0.457 e. The van der Waals surface area contributed by atoms with E-state index in [0.717, 1.165) is 15.2 Å². The van der Waals surface area contributed by atoms with Crippen molar-refractivity contribution in [1.82, 2.24) is 14.8 Å². The number of carbonyl (C=O) groups excluding carboxylic acids is 1. The zero-order valence-electron chi connectivity index (χ0n) is 10.5. The van der Waals surface area contributed by atoms with Crippen molar-refractivity contribution < 1.29 is 9.53 Å². The standard InChI is InChI=1S/C13H12N4O2S/c14-9-5-15-17(6-9)7-13(18)19-8-12-16-10-3-1-2-4-11(10)20-12/h1-6H,7-8,14H2. The highest BCUT2D eigenvalue weighted by Crippen LogP contribution is 2.21. The van der Waals surface area contributed by atoms with Crippen molar-refractivity contribution in [3.63, 3.8) is 0 Å². The molecule has 1 aromatic carbocycles. The van der Waals surface area contributed by atoms with Gasteiger partial charge in [0.05, 0.1) is 22.1 Å². The predicted molar refractivity (Wildman–Crippen MR) is 76.1 cm³/mol. The molecule has 2 heterocycles. The Morgan fingerprint density at radius 2 is 2.25 bits per heavy atom. The van der Waals surface area contributed by atoms with Gasteiger partial charge in [-0.25, -0.2) is 4.98 Å². The van der Waals surface area contributed by atoms with Crippen molar-refractivity contribution in [3.05, 3.63) is 41.7 Å². The average Bonchev–Trinajstić information content (AvgIpc) is 3.02. The maximum absolute atomic E-state index is 11.7. The molecule has 6 nitrogen and oxygen atoms in total. The molecule has 3 aromatic rings. The van der Waals surface area contributed by atoms with E-state index in [1.165, 1.54) is 22.2 Å². The second-order valence-electron chi connectivity index (χ2n) is 4.21. The molecule has 2 aromatic heterocycles. The van der Waals surface area contributed by atoms with Gasteiger partial charge in [-0.3, -0.25) is 9.48 Å². The summed E-state index contributed by atoms with van der Waals surface area (Å²) in [4.78, 5) is 16.1. The first-order valence-corrected chi connectivity index (χ1v) is 6.80. The third-order valence-electron chi connectivity index (χ3n) is 2.64. The molecular weight excluding hydrogens is 276 g/mol. The summed E-state index contributed by atoms with van der Waals surface area (Å²) in [5, 5.41) is 4.70. The summed E-state index contributed by atoms with van der Waals surface area (Å²) in [6.45, 7) is 0.219. The minimum absolute atomic E-state index is 0.0437. The Bertz CT molecular complexity index is 717. The van der Waals surface area contributed by atoms with Gasteiger partial charge in [-0.05, 0) is 12.1 Å². The number of carbonyl (C=O) groups is 1. The number of thiazole rings is 1. The van der Waals surface area contributed by atoms with E-state index in [9.17, 15) is 4.79 Å².